The van der Waals surface area contributed by atoms with Crippen LogP contribution in [0.2, 0.25) is 0 Å². The highest BCUT2D eigenvalue weighted by molar-refractivity contribution is 7.92. The summed E-state index contributed by atoms with van der Waals surface area (Å²) in [6, 6.07) is 9.37. The van der Waals surface area contributed by atoms with Crippen molar-refractivity contribution in [2.45, 2.75) is 42.1 Å². The molecule has 2 aromatic carbocycles. The number of carboxylic acid groups (broad SMARTS) is 1. The lowest BCUT2D eigenvalue weighted by molar-refractivity contribution is -0.139. The second-order valence-corrected chi connectivity index (χ2v) is 9.60. The van der Waals surface area contributed by atoms with Crippen molar-refractivity contribution in [2.24, 2.45) is 5.73 Å². The lowest BCUT2D eigenvalue weighted by Crippen LogP contribution is -2.44. The van der Waals surface area contributed by atoms with Gasteiger partial charge in [-0.15, -0.1) is 0 Å². The van der Waals surface area contributed by atoms with E-state index in [1.54, 1.807) is 32.0 Å². The third-order valence-electron chi connectivity index (χ3n) is 4.75. The molecule has 1 aliphatic heterocycles. The smallest absolute Gasteiger partial charge is 0.341 e. The Balaban J connectivity index is 2.03. The number of carboxylic acids is 1. The van der Waals surface area contributed by atoms with E-state index < -0.39 is 45.1 Å². The number of nitrogens with two attached hydrogens (primary N) is 1. The topological polar surface area (TPSA) is 116 Å². The van der Waals surface area contributed by atoms with Gasteiger partial charge in [-0.3, -0.25) is 0 Å². The molecule has 9 heteroatoms. The van der Waals surface area contributed by atoms with Crippen LogP contribution in [0.15, 0.2) is 47.4 Å². The van der Waals surface area contributed by atoms with E-state index in [0.29, 0.717) is 12.0 Å². The molecule has 2 unspecified atom stereocenters. The van der Waals surface area contributed by atoms with Crippen LogP contribution in [0.1, 0.15) is 31.7 Å². The maximum absolute atomic E-state index is 13.2. The quantitative estimate of drug-likeness (QED) is 0.686. The van der Waals surface area contributed by atoms with Crippen LogP contribution < -0.4 is 15.2 Å². The van der Waals surface area contributed by atoms with Gasteiger partial charge >= 0.3 is 5.97 Å². The Morgan fingerprint density at radius 3 is 2.59 bits per heavy atom. The zero-order valence-electron chi connectivity index (χ0n) is 16.0. The standard InChI is InChI=1S/C20H22FNO6S/c1-20(2)10-15(19(22)29(25,26)13-8-6-12(21)7-9-13)14-4-3-5-16(18(14)28-20)27-11-17(23)24/h3-9,15,19H,10-11,22H2,1-2H3,(H,23,24). The molecular weight excluding hydrogens is 401 g/mol. The number of sulfone groups is 1. The minimum Gasteiger partial charge on any atom is -0.484 e. The van der Waals surface area contributed by atoms with Gasteiger partial charge < -0.3 is 20.3 Å². The van der Waals surface area contributed by atoms with Gasteiger partial charge in [0.05, 0.1) is 4.90 Å². The van der Waals surface area contributed by atoms with Crippen molar-refractivity contribution in [1.29, 1.82) is 0 Å². The third kappa shape index (κ3) is 4.35. The van der Waals surface area contributed by atoms with E-state index in [2.05, 4.69) is 0 Å². The van der Waals surface area contributed by atoms with Crippen LogP contribution in [-0.4, -0.2) is 37.1 Å². The van der Waals surface area contributed by atoms with Gasteiger partial charge in [-0.1, -0.05) is 12.1 Å². The van der Waals surface area contributed by atoms with Crippen LogP contribution in [0.25, 0.3) is 0 Å². The van der Waals surface area contributed by atoms with Crippen LogP contribution >= 0.6 is 0 Å². The molecule has 156 valence electrons. The Morgan fingerprint density at radius 1 is 1.31 bits per heavy atom. The van der Waals surface area contributed by atoms with Gasteiger partial charge in [0.25, 0.3) is 0 Å². The molecule has 3 rings (SSSR count). The summed E-state index contributed by atoms with van der Waals surface area (Å²) in [5.74, 6) is -1.86. The van der Waals surface area contributed by atoms with Crippen molar-refractivity contribution in [3.63, 3.8) is 0 Å². The number of para-hydroxylation sites is 1. The van der Waals surface area contributed by atoms with E-state index in [-0.39, 0.29) is 16.4 Å². The SMILES string of the molecule is CC1(C)CC(C(N)S(=O)(=O)c2ccc(F)cc2)c2cccc(OCC(=O)O)c2O1. The number of hydrogen-bond acceptors (Lipinski definition) is 6. The fourth-order valence-electron chi connectivity index (χ4n) is 3.44. The minimum atomic E-state index is -3.97. The largest absolute Gasteiger partial charge is 0.484 e. The summed E-state index contributed by atoms with van der Waals surface area (Å²) in [5, 5.41) is 7.57. The Morgan fingerprint density at radius 2 is 1.97 bits per heavy atom. The van der Waals surface area contributed by atoms with Crippen molar-refractivity contribution in [3.8, 4) is 11.5 Å². The van der Waals surface area contributed by atoms with E-state index in [9.17, 15) is 17.6 Å². The van der Waals surface area contributed by atoms with E-state index in [1.165, 1.54) is 12.1 Å². The first-order chi connectivity index (χ1) is 13.5. The van der Waals surface area contributed by atoms with Gasteiger partial charge in [0.15, 0.2) is 27.9 Å². The Labute approximate surface area is 168 Å². The van der Waals surface area contributed by atoms with Crippen LogP contribution in [0, 0.1) is 5.82 Å². The molecule has 0 bridgehead atoms. The van der Waals surface area contributed by atoms with E-state index in [1.807, 2.05) is 0 Å². The average Bonchev–Trinajstić information content (AvgIpc) is 2.64. The van der Waals surface area contributed by atoms with Gasteiger partial charge in [0, 0.05) is 11.5 Å². The normalized spacial score (nSPS) is 19.0. The summed E-state index contributed by atoms with van der Waals surface area (Å²) in [7, 11) is -3.97. The van der Waals surface area contributed by atoms with Crippen molar-refractivity contribution in [3.05, 3.63) is 53.8 Å². The number of rotatable bonds is 6. The number of aliphatic carboxylic acids is 1. The molecule has 0 saturated carbocycles. The maximum atomic E-state index is 13.2. The lowest BCUT2D eigenvalue weighted by atomic mass is 9.84. The van der Waals surface area contributed by atoms with Crippen LogP contribution in [0.3, 0.4) is 0 Å². The summed E-state index contributed by atoms with van der Waals surface area (Å²) in [6.07, 6.45) is 0.309. The molecule has 0 amide bonds. The molecule has 3 N–H and O–H groups in total. The molecule has 2 aromatic rings. The van der Waals surface area contributed by atoms with Crippen molar-refractivity contribution in [1.82, 2.24) is 0 Å². The number of halogens is 1. The zero-order chi connectivity index (χ0) is 21.4. The maximum Gasteiger partial charge on any atom is 0.341 e. The fraction of sp³-hybridized carbons (Fsp3) is 0.350. The van der Waals surface area contributed by atoms with Crippen molar-refractivity contribution >= 4 is 15.8 Å². The molecule has 29 heavy (non-hydrogen) atoms. The van der Waals surface area contributed by atoms with Crippen molar-refractivity contribution in [2.75, 3.05) is 6.61 Å². The highest BCUT2D eigenvalue weighted by Gasteiger charge is 2.42. The predicted octanol–water partition coefficient (Wildman–Crippen LogP) is 2.69. The molecule has 1 aliphatic rings. The van der Waals surface area contributed by atoms with Gasteiger partial charge in [-0.25, -0.2) is 17.6 Å². The third-order valence-corrected chi connectivity index (χ3v) is 6.72. The van der Waals surface area contributed by atoms with E-state index in [0.717, 1.165) is 12.1 Å². The number of benzene rings is 2. The van der Waals surface area contributed by atoms with Crippen LogP contribution in [0.4, 0.5) is 4.39 Å². The Hall–Kier alpha value is -2.65. The number of carbonyl (C=O) groups is 1. The first-order valence-corrected chi connectivity index (χ1v) is 10.5. The minimum absolute atomic E-state index is 0.0736. The zero-order valence-corrected chi connectivity index (χ0v) is 16.8. The number of fused-ring (bicyclic) bond motifs is 1. The summed E-state index contributed by atoms with van der Waals surface area (Å²) in [4.78, 5) is 10.8. The van der Waals surface area contributed by atoms with Gasteiger partial charge in [-0.2, -0.15) is 0 Å². The monoisotopic (exact) mass is 423 g/mol. The summed E-state index contributed by atoms with van der Waals surface area (Å²) < 4.78 is 50.6. The van der Waals surface area contributed by atoms with Gasteiger partial charge in [0.1, 0.15) is 16.8 Å². The lowest BCUT2D eigenvalue weighted by Gasteiger charge is -2.40. The highest BCUT2D eigenvalue weighted by Crippen LogP contribution is 2.47. The second kappa shape index (κ2) is 7.64. The molecule has 7 nitrogen and oxygen atoms in total. The first-order valence-electron chi connectivity index (χ1n) is 8.93. The Bertz CT molecular complexity index is 1020. The molecule has 0 aromatic heterocycles. The van der Waals surface area contributed by atoms with Crippen LogP contribution in [-0.2, 0) is 14.6 Å². The Kier molecular flexibility index (Phi) is 5.55. The van der Waals surface area contributed by atoms with Gasteiger partial charge in [0.2, 0.25) is 0 Å². The molecule has 0 spiro atoms. The molecular formula is C20H22FNO6S. The average molecular weight is 423 g/mol. The number of ether oxygens (including phenoxy) is 2. The molecule has 0 fully saturated rings. The number of hydrogen-bond donors (Lipinski definition) is 2. The summed E-state index contributed by atoms with van der Waals surface area (Å²) >= 11 is 0. The summed E-state index contributed by atoms with van der Waals surface area (Å²) in [6.45, 7) is 3.01. The van der Waals surface area contributed by atoms with Gasteiger partial charge in [-0.05, 0) is 50.6 Å². The predicted molar refractivity (Wildman–Crippen MR) is 103 cm³/mol. The molecule has 0 saturated heterocycles. The highest BCUT2D eigenvalue weighted by atomic mass is 32.2. The molecule has 0 aliphatic carbocycles. The molecule has 1 heterocycles. The second-order valence-electron chi connectivity index (χ2n) is 7.49. The van der Waals surface area contributed by atoms with Crippen molar-refractivity contribution < 1.29 is 32.2 Å². The summed E-state index contributed by atoms with van der Waals surface area (Å²) in [5.41, 5.74) is 5.98. The molecule has 0 radical (unpaired) electrons. The van der Waals surface area contributed by atoms with E-state index in [4.69, 9.17) is 20.3 Å². The molecule has 2 atom stereocenters. The fourth-order valence-corrected chi connectivity index (χ4v) is 4.94. The van der Waals surface area contributed by atoms with E-state index >= 15 is 0 Å². The van der Waals surface area contributed by atoms with Crippen LogP contribution in [0.5, 0.6) is 11.5 Å². The first kappa shape index (κ1) is 21.1.